The van der Waals surface area contributed by atoms with Gasteiger partial charge in [-0.25, -0.2) is 0 Å². The molecule has 0 aliphatic rings. The van der Waals surface area contributed by atoms with Crippen LogP contribution in [0.15, 0.2) is 60.7 Å². The number of fused-ring (bicyclic) bond motifs is 1. The van der Waals surface area contributed by atoms with Crippen LogP contribution < -0.4 is 10.2 Å². The fourth-order valence-electron chi connectivity index (χ4n) is 3.42. The van der Waals surface area contributed by atoms with Gasteiger partial charge in [-0.2, -0.15) is 0 Å². The van der Waals surface area contributed by atoms with E-state index in [1.807, 2.05) is 30.1 Å². The predicted molar refractivity (Wildman–Crippen MR) is 111 cm³/mol. The summed E-state index contributed by atoms with van der Waals surface area (Å²) >= 11 is 0. The maximum absolute atomic E-state index is 12.7. The van der Waals surface area contributed by atoms with E-state index in [0.29, 0.717) is 6.54 Å². The summed E-state index contributed by atoms with van der Waals surface area (Å²) in [5.74, 6) is 0.0102. The Kier molecular flexibility index (Phi) is 5.57. The molecule has 26 heavy (non-hydrogen) atoms. The molecule has 0 bridgehead atoms. The first kappa shape index (κ1) is 18.0. The molecule has 3 aromatic carbocycles. The summed E-state index contributed by atoms with van der Waals surface area (Å²) in [5.41, 5.74) is 4.42. The predicted octanol–water partition coefficient (Wildman–Crippen LogP) is 5.04. The largest absolute Gasteiger partial charge is 0.365 e. The van der Waals surface area contributed by atoms with E-state index < -0.39 is 0 Å². The molecule has 0 radical (unpaired) electrons. The van der Waals surface area contributed by atoms with Crippen molar-refractivity contribution in [2.24, 2.45) is 0 Å². The van der Waals surface area contributed by atoms with E-state index in [1.165, 1.54) is 16.5 Å². The maximum atomic E-state index is 12.7. The van der Waals surface area contributed by atoms with Gasteiger partial charge in [-0.05, 0) is 35.4 Å². The van der Waals surface area contributed by atoms with Gasteiger partial charge in [-0.1, -0.05) is 68.4 Å². The Labute approximate surface area is 155 Å². The van der Waals surface area contributed by atoms with Crippen LogP contribution in [0.5, 0.6) is 0 Å². The van der Waals surface area contributed by atoms with E-state index in [2.05, 4.69) is 61.6 Å². The number of benzene rings is 3. The van der Waals surface area contributed by atoms with E-state index in [9.17, 15) is 4.79 Å². The number of rotatable bonds is 6. The van der Waals surface area contributed by atoms with Crippen molar-refractivity contribution in [2.75, 3.05) is 23.8 Å². The van der Waals surface area contributed by atoms with Gasteiger partial charge < -0.3 is 10.2 Å². The Morgan fingerprint density at radius 3 is 2.19 bits per heavy atom. The molecule has 0 heterocycles. The van der Waals surface area contributed by atoms with Gasteiger partial charge in [0.25, 0.3) is 0 Å². The van der Waals surface area contributed by atoms with E-state index in [-0.39, 0.29) is 5.91 Å². The van der Waals surface area contributed by atoms with Gasteiger partial charge in [-0.3, -0.25) is 4.79 Å². The molecule has 0 atom stereocenters. The van der Waals surface area contributed by atoms with E-state index in [1.54, 1.807) is 0 Å². The highest BCUT2D eigenvalue weighted by Crippen LogP contribution is 2.26. The van der Waals surface area contributed by atoms with Crippen molar-refractivity contribution >= 4 is 28.1 Å². The second kappa shape index (κ2) is 8.05. The molecular weight excluding hydrogens is 320 g/mol. The lowest BCUT2D eigenvalue weighted by molar-refractivity contribution is -0.114. The van der Waals surface area contributed by atoms with Crippen LogP contribution in [0.2, 0.25) is 0 Å². The normalized spacial score (nSPS) is 10.7. The third kappa shape index (κ3) is 3.72. The number of nitrogens with one attached hydrogen (secondary N) is 1. The zero-order valence-corrected chi connectivity index (χ0v) is 15.8. The first-order chi connectivity index (χ1) is 12.6. The molecule has 0 fully saturated rings. The standard InChI is InChI=1S/C23H26N2O/c1-4-17-11-8-12-18(5-2)23(17)24-22(26)16-25(3)21-15-9-13-19-10-6-7-14-20(19)21/h6-15H,4-5,16H2,1-3H3,(H,24,26). The van der Waals surface area contributed by atoms with Gasteiger partial charge in [0.1, 0.15) is 0 Å². The van der Waals surface area contributed by atoms with Crippen LogP contribution in [0, 0.1) is 0 Å². The molecule has 3 nitrogen and oxygen atoms in total. The molecular formula is C23H26N2O. The highest BCUT2D eigenvalue weighted by atomic mass is 16.2. The quantitative estimate of drug-likeness (QED) is 0.678. The molecule has 0 spiro atoms. The zero-order valence-electron chi connectivity index (χ0n) is 15.8. The molecule has 3 rings (SSSR count). The summed E-state index contributed by atoms with van der Waals surface area (Å²) in [4.78, 5) is 14.7. The molecule has 0 saturated heterocycles. The number of aryl methyl sites for hydroxylation is 2. The fourth-order valence-corrected chi connectivity index (χ4v) is 3.42. The summed E-state index contributed by atoms with van der Waals surface area (Å²) in [5, 5.41) is 5.49. The molecule has 3 aromatic rings. The average molecular weight is 346 g/mol. The summed E-state index contributed by atoms with van der Waals surface area (Å²) in [6.45, 7) is 4.55. The SMILES string of the molecule is CCc1cccc(CC)c1NC(=O)CN(C)c1cccc2ccccc12. The van der Waals surface area contributed by atoms with Crippen LogP contribution in [0.3, 0.4) is 0 Å². The van der Waals surface area contributed by atoms with Crippen LogP contribution in [-0.4, -0.2) is 19.5 Å². The van der Waals surface area contributed by atoms with Gasteiger partial charge >= 0.3 is 0 Å². The zero-order chi connectivity index (χ0) is 18.5. The lowest BCUT2D eigenvalue weighted by atomic mass is 10.0. The number of hydrogen-bond donors (Lipinski definition) is 1. The van der Waals surface area contributed by atoms with Crippen molar-refractivity contribution in [3.8, 4) is 0 Å². The van der Waals surface area contributed by atoms with Crippen molar-refractivity contribution in [1.82, 2.24) is 0 Å². The molecule has 134 valence electrons. The number of para-hydroxylation sites is 1. The molecule has 0 unspecified atom stereocenters. The number of nitrogens with zero attached hydrogens (tertiary/aromatic N) is 1. The van der Waals surface area contributed by atoms with Gasteiger partial charge in [0.05, 0.1) is 6.54 Å². The number of amides is 1. The second-order valence-electron chi connectivity index (χ2n) is 6.56. The van der Waals surface area contributed by atoms with Crippen LogP contribution in [0.4, 0.5) is 11.4 Å². The monoisotopic (exact) mass is 346 g/mol. The Morgan fingerprint density at radius 2 is 1.50 bits per heavy atom. The van der Waals surface area contributed by atoms with Crippen LogP contribution in [0.25, 0.3) is 10.8 Å². The summed E-state index contributed by atoms with van der Waals surface area (Å²) in [7, 11) is 1.97. The Bertz CT molecular complexity index is 889. The average Bonchev–Trinajstić information content (AvgIpc) is 2.67. The van der Waals surface area contributed by atoms with Gasteiger partial charge in [0, 0.05) is 23.8 Å². The number of carbonyl (C=O) groups is 1. The maximum Gasteiger partial charge on any atom is 0.243 e. The summed E-state index contributed by atoms with van der Waals surface area (Å²) in [6.07, 6.45) is 1.81. The highest BCUT2D eigenvalue weighted by Gasteiger charge is 2.13. The van der Waals surface area contributed by atoms with Crippen molar-refractivity contribution in [1.29, 1.82) is 0 Å². The number of hydrogen-bond acceptors (Lipinski definition) is 2. The lowest BCUT2D eigenvalue weighted by Crippen LogP contribution is -2.30. The van der Waals surface area contributed by atoms with Crippen molar-refractivity contribution in [3.63, 3.8) is 0 Å². The van der Waals surface area contributed by atoms with Crippen LogP contribution in [-0.2, 0) is 17.6 Å². The third-order valence-electron chi connectivity index (χ3n) is 4.82. The van der Waals surface area contributed by atoms with Crippen molar-refractivity contribution < 1.29 is 4.79 Å². The summed E-state index contributed by atoms with van der Waals surface area (Å²) in [6, 6.07) is 20.7. The summed E-state index contributed by atoms with van der Waals surface area (Å²) < 4.78 is 0. The highest BCUT2D eigenvalue weighted by molar-refractivity contribution is 5.99. The molecule has 3 heteroatoms. The molecule has 1 N–H and O–H groups in total. The molecule has 0 aliphatic heterocycles. The minimum Gasteiger partial charge on any atom is -0.365 e. The van der Waals surface area contributed by atoms with Crippen molar-refractivity contribution in [2.45, 2.75) is 26.7 Å². The van der Waals surface area contributed by atoms with Crippen LogP contribution >= 0.6 is 0 Å². The van der Waals surface area contributed by atoms with Gasteiger partial charge in [0.15, 0.2) is 0 Å². The Balaban J connectivity index is 1.80. The lowest BCUT2D eigenvalue weighted by Gasteiger charge is -2.22. The van der Waals surface area contributed by atoms with E-state index in [4.69, 9.17) is 0 Å². The molecule has 0 aromatic heterocycles. The van der Waals surface area contributed by atoms with Gasteiger partial charge in [0.2, 0.25) is 5.91 Å². The number of likely N-dealkylation sites (N-methyl/N-ethyl adjacent to an activating group) is 1. The minimum atomic E-state index is 0.0102. The first-order valence-corrected chi connectivity index (χ1v) is 9.23. The Hall–Kier alpha value is -2.81. The number of carbonyl (C=O) groups excluding carboxylic acids is 1. The van der Waals surface area contributed by atoms with Crippen LogP contribution in [0.1, 0.15) is 25.0 Å². The smallest absolute Gasteiger partial charge is 0.243 e. The third-order valence-corrected chi connectivity index (χ3v) is 4.82. The fraction of sp³-hybridized carbons (Fsp3) is 0.261. The molecule has 0 saturated carbocycles. The Morgan fingerprint density at radius 1 is 0.885 bits per heavy atom. The second-order valence-corrected chi connectivity index (χ2v) is 6.56. The minimum absolute atomic E-state index is 0.0102. The molecule has 1 amide bonds. The van der Waals surface area contributed by atoms with E-state index in [0.717, 1.165) is 29.6 Å². The first-order valence-electron chi connectivity index (χ1n) is 9.23. The number of anilines is 2. The molecule has 0 aliphatic carbocycles. The topological polar surface area (TPSA) is 32.3 Å². The van der Waals surface area contributed by atoms with Gasteiger partial charge in [-0.15, -0.1) is 0 Å². The van der Waals surface area contributed by atoms with Crippen molar-refractivity contribution in [3.05, 3.63) is 71.8 Å². The van der Waals surface area contributed by atoms with E-state index >= 15 is 0 Å².